The van der Waals surface area contributed by atoms with Crippen molar-refractivity contribution in [1.82, 2.24) is 15.5 Å². The van der Waals surface area contributed by atoms with E-state index < -0.39 is 0 Å². The summed E-state index contributed by atoms with van der Waals surface area (Å²) >= 11 is 0. The molecule has 0 bridgehead atoms. The van der Waals surface area contributed by atoms with Gasteiger partial charge < -0.3 is 10.1 Å². The molecule has 0 unspecified atom stereocenters. The number of hydrogen-bond donors (Lipinski definition) is 3. The minimum atomic E-state index is -0.386. The molecule has 0 spiro atoms. The molecule has 0 saturated carbocycles. The summed E-state index contributed by atoms with van der Waals surface area (Å²) in [4.78, 5) is 12.1. The van der Waals surface area contributed by atoms with Crippen LogP contribution in [-0.2, 0) is 6.54 Å². The number of carbonyl (C=O) groups excluding carboxylic acids is 1. The van der Waals surface area contributed by atoms with Crippen molar-refractivity contribution in [2.45, 2.75) is 20.4 Å². The average molecular weight is 356 g/mol. The lowest BCUT2D eigenvalue weighted by Crippen LogP contribution is -2.28. The molecule has 1 aromatic heterocycles. The molecular formula is C19H21FN4O2. The average Bonchev–Trinajstić information content (AvgIpc) is 3.01. The monoisotopic (exact) mass is 356 g/mol. The number of H-pyrrole nitrogens is 1. The molecule has 3 rings (SSSR count). The van der Waals surface area contributed by atoms with Crippen molar-refractivity contribution in [3.63, 3.8) is 0 Å². The van der Waals surface area contributed by atoms with Gasteiger partial charge in [0, 0.05) is 18.0 Å². The van der Waals surface area contributed by atoms with Gasteiger partial charge in [0.05, 0.1) is 12.1 Å². The molecule has 0 aliphatic rings. The van der Waals surface area contributed by atoms with E-state index >= 15 is 0 Å². The lowest BCUT2D eigenvalue weighted by atomic mass is 10.2. The first kappa shape index (κ1) is 17.7. The fourth-order valence-electron chi connectivity index (χ4n) is 2.38. The van der Waals surface area contributed by atoms with E-state index in [0.717, 1.165) is 22.2 Å². The maximum absolute atomic E-state index is 12.9. The molecule has 0 aliphatic heterocycles. The van der Waals surface area contributed by atoms with Crippen LogP contribution in [0.1, 0.15) is 19.4 Å². The van der Waals surface area contributed by atoms with Gasteiger partial charge in [0.25, 0.3) is 0 Å². The van der Waals surface area contributed by atoms with Crippen LogP contribution in [0.2, 0.25) is 0 Å². The molecule has 3 aromatic rings. The number of carbonyl (C=O) groups is 1. The number of ether oxygens (including phenoxy) is 1. The Morgan fingerprint density at radius 2 is 2.00 bits per heavy atom. The van der Waals surface area contributed by atoms with Crippen molar-refractivity contribution in [3.8, 4) is 5.75 Å². The standard InChI is InChI=1S/C19H21FN4O2/c1-12(2)11-26-15-7-8-16-17(9-15)23-24-18(16)22-19(25)21-10-13-3-5-14(20)6-4-13/h3-9,12H,10-11H2,1-2H3,(H3,21,22,23,24,25). The van der Waals surface area contributed by atoms with Gasteiger partial charge in [0.1, 0.15) is 11.6 Å². The van der Waals surface area contributed by atoms with Crippen LogP contribution in [-0.4, -0.2) is 22.8 Å². The fraction of sp³-hybridized carbons (Fsp3) is 0.263. The summed E-state index contributed by atoms with van der Waals surface area (Å²) in [5.74, 6) is 1.32. The molecule has 2 amide bonds. The molecule has 3 N–H and O–H groups in total. The number of amides is 2. The summed E-state index contributed by atoms with van der Waals surface area (Å²) in [6.45, 7) is 5.10. The lowest BCUT2D eigenvalue weighted by Gasteiger charge is -2.08. The molecule has 6 nitrogen and oxygen atoms in total. The minimum Gasteiger partial charge on any atom is -0.493 e. The normalized spacial score (nSPS) is 10.9. The first-order valence-corrected chi connectivity index (χ1v) is 8.41. The van der Waals surface area contributed by atoms with Crippen LogP contribution in [0.15, 0.2) is 42.5 Å². The summed E-state index contributed by atoms with van der Waals surface area (Å²) in [5.41, 5.74) is 1.58. The summed E-state index contributed by atoms with van der Waals surface area (Å²) in [5, 5.41) is 13.2. The van der Waals surface area contributed by atoms with Crippen LogP contribution in [0.25, 0.3) is 10.9 Å². The number of rotatable bonds is 6. The highest BCUT2D eigenvalue weighted by Crippen LogP contribution is 2.25. The first-order valence-electron chi connectivity index (χ1n) is 8.41. The Bertz CT molecular complexity index is 890. The largest absolute Gasteiger partial charge is 0.493 e. The van der Waals surface area contributed by atoms with Crippen LogP contribution in [0.3, 0.4) is 0 Å². The molecule has 1 heterocycles. The zero-order valence-corrected chi connectivity index (χ0v) is 14.7. The van der Waals surface area contributed by atoms with Crippen molar-refractivity contribution in [2.75, 3.05) is 11.9 Å². The number of hydrogen-bond acceptors (Lipinski definition) is 3. The molecule has 0 radical (unpaired) electrons. The van der Waals surface area contributed by atoms with E-state index in [1.54, 1.807) is 12.1 Å². The van der Waals surface area contributed by atoms with Gasteiger partial charge in [0.2, 0.25) is 0 Å². The number of aromatic nitrogens is 2. The number of aromatic amines is 1. The van der Waals surface area contributed by atoms with E-state index in [2.05, 4.69) is 34.7 Å². The Morgan fingerprint density at radius 1 is 1.23 bits per heavy atom. The molecular weight excluding hydrogens is 335 g/mol. The first-order chi connectivity index (χ1) is 12.5. The highest BCUT2D eigenvalue weighted by molar-refractivity contribution is 5.99. The minimum absolute atomic E-state index is 0.293. The van der Waals surface area contributed by atoms with Gasteiger partial charge in [-0.25, -0.2) is 9.18 Å². The summed E-state index contributed by atoms with van der Waals surface area (Å²) in [7, 11) is 0. The van der Waals surface area contributed by atoms with Gasteiger partial charge in [0.15, 0.2) is 5.82 Å². The van der Waals surface area contributed by atoms with Gasteiger partial charge >= 0.3 is 6.03 Å². The zero-order valence-electron chi connectivity index (χ0n) is 14.7. The molecule has 0 aliphatic carbocycles. The third-order valence-electron chi connectivity index (χ3n) is 3.72. The smallest absolute Gasteiger partial charge is 0.320 e. The van der Waals surface area contributed by atoms with E-state index in [4.69, 9.17) is 4.74 Å². The second kappa shape index (κ2) is 7.86. The molecule has 26 heavy (non-hydrogen) atoms. The van der Waals surface area contributed by atoms with Gasteiger partial charge in [-0.3, -0.25) is 10.4 Å². The molecule has 0 fully saturated rings. The number of nitrogens with zero attached hydrogens (tertiary/aromatic N) is 1. The van der Waals surface area contributed by atoms with E-state index in [1.807, 2.05) is 18.2 Å². The number of benzene rings is 2. The number of urea groups is 1. The van der Waals surface area contributed by atoms with Crippen molar-refractivity contribution in [2.24, 2.45) is 5.92 Å². The Morgan fingerprint density at radius 3 is 2.73 bits per heavy atom. The summed E-state index contributed by atoms with van der Waals surface area (Å²) in [6, 6.07) is 11.1. The van der Waals surface area contributed by atoms with Crippen LogP contribution in [0.5, 0.6) is 5.75 Å². The van der Waals surface area contributed by atoms with Crippen molar-refractivity contribution in [1.29, 1.82) is 0 Å². The summed E-state index contributed by atoms with van der Waals surface area (Å²) in [6.07, 6.45) is 0. The summed E-state index contributed by atoms with van der Waals surface area (Å²) < 4.78 is 18.6. The van der Waals surface area contributed by atoms with Gasteiger partial charge in [-0.15, -0.1) is 0 Å². The zero-order chi connectivity index (χ0) is 18.5. The predicted molar refractivity (Wildman–Crippen MR) is 98.7 cm³/mol. The molecule has 136 valence electrons. The Balaban J connectivity index is 1.61. The van der Waals surface area contributed by atoms with Crippen LogP contribution >= 0.6 is 0 Å². The third kappa shape index (κ3) is 4.50. The van der Waals surface area contributed by atoms with Crippen LogP contribution < -0.4 is 15.4 Å². The third-order valence-corrected chi connectivity index (χ3v) is 3.72. The molecule has 2 aromatic carbocycles. The second-order valence-electron chi connectivity index (χ2n) is 6.42. The quantitative estimate of drug-likeness (QED) is 0.623. The molecule has 0 atom stereocenters. The fourth-order valence-corrected chi connectivity index (χ4v) is 2.38. The van der Waals surface area contributed by atoms with Crippen LogP contribution in [0.4, 0.5) is 15.0 Å². The highest BCUT2D eigenvalue weighted by Gasteiger charge is 2.10. The molecule has 0 saturated heterocycles. The highest BCUT2D eigenvalue weighted by atomic mass is 19.1. The van der Waals surface area contributed by atoms with Gasteiger partial charge in [-0.2, -0.15) is 5.10 Å². The van der Waals surface area contributed by atoms with E-state index in [-0.39, 0.29) is 11.8 Å². The maximum Gasteiger partial charge on any atom is 0.320 e. The van der Waals surface area contributed by atoms with Crippen molar-refractivity contribution < 1.29 is 13.9 Å². The Labute approximate surface area is 150 Å². The van der Waals surface area contributed by atoms with E-state index in [9.17, 15) is 9.18 Å². The number of anilines is 1. The Kier molecular flexibility index (Phi) is 5.36. The van der Waals surface area contributed by atoms with Gasteiger partial charge in [-0.1, -0.05) is 26.0 Å². The van der Waals surface area contributed by atoms with E-state index in [1.165, 1.54) is 12.1 Å². The maximum atomic E-state index is 12.9. The SMILES string of the molecule is CC(C)COc1ccc2c(NC(=O)NCc3ccc(F)cc3)n[nH]c2c1. The van der Waals surface area contributed by atoms with Crippen LogP contribution in [0, 0.1) is 11.7 Å². The Hall–Kier alpha value is -3.09. The number of nitrogens with one attached hydrogen (secondary N) is 3. The van der Waals surface area contributed by atoms with Gasteiger partial charge in [-0.05, 0) is 35.7 Å². The van der Waals surface area contributed by atoms with Crippen molar-refractivity contribution in [3.05, 3.63) is 53.8 Å². The second-order valence-corrected chi connectivity index (χ2v) is 6.42. The number of halogens is 1. The lowest BCUT2D eigenvalue weighted by molar-refractivity contribution is 0.251. The number of fused-ring (bicyclic) bond motifs is 1. The predicted octanol–water partition coefficient (Wildman–Crippen LogP) is 4.06. The van der Waals surface area contributed by atoms with Crippen molar-refractivity contribution >= 4 is 22.8 Å². The topological polar surface area (TPSA) is 79.0 Å². The molecule has 7 heteroatoms. The van der Waals surface area contributed by atoms with E-state index in [0.29, 0.717) is 24.9 Å².